The molecule has 0 spiro atoms. The summed E-state index contributed by atoms with van der Waals surface area (Å²) >= 11 is 0. The van der Waals surface area contributed by atoms with Crippen molar-refractivity contribution in [3.8, 4) is 0 Å². The lowest BCUT2D eigenvalue weighted by Gasteiger charge is -2.26. The molecule has 1 aliphatic rings. The molecule has 2 N–H and O–H groups in total. The van der Waals surface area contributed by atoms with E-state index in [0.717, 1.165) is 30.5 Å². The zero-order chi connectivity index (χ0) is 12.3. The van der Waals surface area contributed by atoms with Crippen LogP contribution in [0.4, 0.5) is 10.5 Å². The standard InChI is InChI=1S/C14H20N2O/c1-3-11-7-4-6-10(2)13(11)16-14(17)15-12-8-5-9-12/h4,6-7,12H,3,5,8-9H2,1-2H3,(H2,15,16,17). The van der Waals surface area contributed by atoms with Crippen molar-refractivity contribution in [2.75, 3.05) is 5.32 Å². The lowest BCUT2D eigenvalue weighted by Crippen LogP contribution is -2.42. The fourth-order valence-electron chi connectivity index (χ4n) is 2.09. The number of urea groups is 1. The number of aryl methyl sites for hydroxylation is 2. The smallest absolute Gasteiger partial charge is 0.319 e. The van der Waals surface area contributed by atoms with Gasteiger partial charge in [-0.25, -0.2) is 4.79 Å². The molecule has 2 amide bonds. The summed E-state index contributed by atoms with van der Waals surface area (Å²) in [4.78, 5) is 11.8. The van der Waals surface area contributed by atoms with Gasteiger partial charge < -0.3 is 10.6 Å². The van der Waals surface area contributed by atoms with Crippen LogP contribution in [0.3, 0.4) is 0 Å². The summed E-state index contributed by atoms with van der Waals surface area (Å²) in [6.07, 6.45) is 4.39. The first-order chi connectivity index (χ1) is 8.20. The van der Waals surface area contributed by atoms with Gasteiger partial charge in [0, 0.05) is 11.7 Å². The van der Waals surface area contributed by atoms with E-state index in [4.69, 9.17) is 0 Å². The summed E-state index contributed by atoms with van der Waals surface area (Å²) in [5.74, 6) is 0. The fourth-order valence-corrected chi connectivity index (χ4v) is 2.09. The van der Waals surface area contributed by atoms with Gasteiger partial charge in [-0.3, -0.25) is 0 Å². The van der Waals surface area contributed by atoms with Crippen LogP contribution in [0.1, 0.15) is 37.3 Å². The molecule has 3 nitrogen and oxygen atoms in total. The number of hydrogen-bond donors (Lipinski definition) is 2. The Kier molecular flexibility index (Phi) is 3.67. The van der Waals surface area contributed by atoms with E-state index in [1.165, 1.54) is 12.0 Å². The van der Waals surface area contributed by atoms with Crippen molar-refractivity contribution >= 4 is 11.7 Å². The Hall–Kier alpha value is -1.51. The summed E-state index contributed by atoms with van der Waals surface area (Å²) < 4.78 is 0. The van der Waals surface area contributed by atoms with Gasteiger partial charge in [0.05, 0.1) is 0 Å². The van der Waals surface area contributed by atoms with E-state index in [2.05, 4.69) is 23.6 Å². The quantitative estimate of drug-likeness (QED) is 0.825. The van der Waals surface area contributed by atoms with Gasteiger partial charge in [0.1, 0.15) is 0 Å². The van der Waals surface area contributed by atoms with E-state index in [1.54, 1.807) is 0 Å². The molecule has 0 atom stereocenters. The molecular formula is C14H20N2O. The number of carbonyl (C=O) groups excluding carboxylic acids is 1. The topological polar surface area (TPSA) is 41.1 Å². The molecule has 0 bridgehead atoms. The van der Waals surface area contributed by atoms with Crippen LogP contribution >= 0.6 is 0 Å². The number of anilines is 1. The molecule has 3 heteroatoms. The Morgan fingerprint density at radius 2 is 2.18 bits per heavy atom. The number of benzene rings is 1. The molecule has 2 rings (SSSR count). The van der Waals surface area contributed by atoms with Gasteiger partial charge in [-0.15, -0.1) is 0 Å². The van der Waals surface area contributed by atoms with E-state index in [-0.39, 0.29) is 6.03 Å². The average Bonchev–Trinajstić information content (AvgIpc) is 2.26. The Labute approximate surface area is 103 Å². The molecule has 92 valence electrons. The Balaban J connectivity index is 2.03. The number of para-hydroxylation sites is 1. The van der Waals surface area contributed by atoms with E-state index in [0.29, 0.717) is 6.04 Å². The van der Waals surface area contributed by atoms with Crippen LogP contribution in [0.15, 0.2) is 18.2 Å². The first kappa shape index (κ1) is 12.0. The first-order valence-corrected chi connectivity index (χ1v) is 6.36. The van der Waals surface area contributed by atoms with Crippen LogP contribution < -0.4 is 10.6 Å². The Morgan fingerprint density at radius 3 is 2.76 bits per heavy atom. The minimum Gasteiger partial charge on any atom is -0.335 e. The Bertz CT molecular complexity index is 411. The number of nitrogens with one attached hydrogen (secondary N) is 2. The SMILES string of the molecule is CCc1cccc(C)c1NC(=O)NC1CCC1. The minimum atomic E-state index is -0.0706. The summed E-state index contributed by atoms with van der Waals surface area (Å²) in [6.45, 7) is 4.13. The third kappa shape index (κ3) is 2.78. The Morgan fingerprint density at radius 1 is 1.41 bits per heavy atom. The van der Waals surface area contributed by atoms with Crippen LogP contribution in [0.5, 0.6) is 0 Å². The third-order valence-electron chi connectivity index (χ3n) is 3.42. The highest BCUT2D eigenvalue weighted by atomic mass is 16.2. The molecule has 0 aromatic heterocycles. The average molecular weight is 232 g/mol. The van der Waals surface area contributed by atoms with Gasteiger partial charge >= 0.3 is 6.03 Å². The lowest BCUT2D eigenvalue weighted by atomic mass is 9.93. The number of hydrogen-bond acceptors (Lipinski definition) is 1. The van der Waals surface area contributed by atoms with Crippen molar-refractivity contribution in [2.45, 2.75) is 45.6 Å². The van der Waals surface area contributed by atoms with Gasteiger partial charge in [0.2, 0.25) is 0 Å². The van der Waals surface area contributed by atoms with E-state index < -0.39 is 0 Å². The van der Waals surface area contributed by atoms with Crippen LogP contribution in [0.2, 0.25) is 0 Å². The van der Waals surface area contributed by atoms with E-state index >= 15 is 0 Å². The van der Waals surface area contributed by atoms with Crippen molar-refractivity contribution in [1.29, 1.82) is 0 Å². The zero-order valence-electron chi connectivity index (χ0n) is 10.5. The summed E-state index contributed by atoms with van der Waals surface area (Å²) in [6, 6.07) is 6.43. The molecule has 17 heavy (non-hydrogen) atoms. The van der Waals surface area contributed by atoms with Crippen LogP contribution in [-0.2, 0) is 6.42 Å². The predicted molar refractivity (Wildman–Crippen MR) is 70.4 cm³/mol. The molecule has 1 saturated carbocycles. The third-order valence-corrected chi connectivity index (χ3v) is 3.42. The molecular weight excluding hydrogens is 212 g/mol. The highest BCUT2D eigenvalue weighted by Crippen LogP contribution is 2.22. The molecule has 0 radical (unpaired) electrons. The molecule has 1 aromatic carbocycles. The predicted octanol–water partition coefficient (Wildman–Crippen LogP) is 3.23. The van der Waals surface area contributed by atoms with Crippen LogP contribution in [0, 0.1) is 6.92 Å². The van der Waals surface area contributed by atoms with Crippen LogP contribution in [-0.4, -0.2) is 12.1 Å². The maximum Gasteiger partial charge on any atom is 0.319 e. The second-order valence-corrected chi connectivity index (χ2v) is 4.69. The largest absolute Gasteiger partial charge is 0.335 e. The van der Waals surface area contributed by atoms with E-state index in [1.807, 2.05) is 19.1 Å². The first-order valence-electron chi connectivity index (χ1n) is 6.36. The normalized spacial score (nSPS) is 15.2. The molecule has 1 aliphatic carbocycles. The zero-order valence-corrected chi connectivity index (χ0v) is 10.5. The maximum atomic E-state index is 11.8. The van der Waals surface area contributed by atoms with Crippen molar-refractivity contribution in [1.82, 2.24) is 5.32 Å². The summed E-state index contributed by atoms with van der Waals surface area (Å²) in [7, 11) is 0. The molecule has 0 saturated heterocycles. The van der Waals surface area contributed by atoms with Gasteiger partial charge in [0.25, 0.3) is 0 Å². The van der Waals surface area contributed by atoms with Crippen molar-refractivity contribution < 1.29 is 4.79 Å². The lowest BCUT2D eigenvalue weighted by molar-refractivity contribution is 0.240. The monoisotopic (exact) mass is 232 g/mol. The van der Waals surface area contributed by atoms with Gasteiger partial charge in [0.15, 0.2) is 0 Å². The number of carbonyl (C=O) groups is 1. The minimum absolute atomic E-state index is 0.0706. The van der Waals surface area contributed by atoms with Crippen molar-refractivity contribution in [3.63, 3.8) is 0 Å². The highest BCUT2D eigenvalue weighted by Gasteiger charge is 2.19. The molecule has 0 unspecified atom stereocenters. The maximum absolute atomic E-state index is 11.8. The fraction of sp³-hybridized carbons (Fsp3) is 0.500. The van der Waals surface area contributed by atoms with Gasteiger partial charge in [-0.2, -0.15) is 0 Å². The number of amides is 2. The van der Waals surface area contributed by atoms with Gasteiger partial charge in [-0.05, 0) is 43.7 Å². The summed E-state index contributed by atoms with van der Waals surface area (Å²) in [5.41, 5.74) is 3.27. The summed E-state index contributed by atoms with van der Waals surface area (Å²) in [5, 5.41) is 5.97. The van der Waals surface area contributed by atoms with Crippen molar-refractivity contribution in [2.24, 2.45) is 0 Å². The molecule has 0 heterocycles. The number of rotatable bonds is 3. The van der Waals surface area contributed by atoms with Gasteiger partial charge in [-0.1, -0.05) is 25.1 Å². The van der Waals surface area contributed by atoms with Crippen molar-refractivity contribution in [3.05, 3.63) is 29.3 Å². The van der Waals surface area contributed by atoms with E-state index in [9.17, 15) is 4.79 Å². The highest BCUT2D eigenvalue weighted by molar-refractivity contribution is 5.91. The molecule has 1 fully saturated rings. The second-order valence-electron chi connectivity index (χ2n) is 4.69. The molecule has 0 aliphatic heterocycles. The van der Waals surface area contributed by atoms with Crippen LogP contribution in [0.25, 0.3) is 0 Å². The molecule has 1 aromatic rings. The second kappa shape index (κ2) is 5.21.